The van der Waals surface area contributed by atoms with E-state index in [1.807, 2.05) is 48.5 Å². The number of hydrogen-bond donors (Lipinski definition) is 2. The molecule has 2 N–H and O–H groups in total. The lowest BCUT2D eigenvalue weighted by atomic mass is 10.2. The van der Waals surface area contributed by atoms with Gasteiger partial charge in [-0.05, 0) is 24.3 Å². The van der Waals surface area contributed by atoms with Crippen LogP contribution in [-0.2, 0) is 0 Å². The first-order valence-corrected chi connectivity index (χ1v) is 9.65. The first-order chi connectivity index (χ1) is 15.4. The normalized spacial score (nSPS) is 10.6. The number of halogens is 3. The molecule has 0 fully saturated rings. The molecule has 0 radical (unpaired) electrons. The largest absolute Gasteiger partial charge is 0.309 e. The van der Waals surface area contributed by atoms with E-state index in [1.165, 1.54) is 4.68 Å². The average molecular weight is 454 g/mol. The van der Waals surface area contributed by atoms with Crippen molar-refractivity contribution in [1.82, 2.24) is 25.6 Å². The van der Waals surface area contributed by atoms with E-state index in [1.54, 1.807) is 12.1 Å². The summed E-state index contributed by atoms with van der Waals surface area (Å²) in [6.45, 7) is 0. The highest BCUT2D eigenvalue weighted by atomic mass is 35.5. The maximum absolute atomic E-state index is 13.4. The van der Waals surface area contributed by atoms with E-state index < -0.39 is 23.4 Å². The van der Waals surface area contributed by atoms with Crippen molar-refractivity contribution in [3.8, 4) is 17.1 Å². The van der Waals surface area contributed by atoms with E-state index in [0.29, 0.717) is 23.6 Å². The van der Waals surface area contributed by atoms with Gasteiger partial charge < -0.3 is 0 Å². The molecule has 160 valence electrons. The van der Waals surface area contributed by atoms with E-state index in [0.717, 1.165) is 5.56 Å². The molecule has 2 amide bonds. The number of amides is 2. The van der Waals surface area contributed by atoms with Gasteiger partial charge in [-0.15, -0.1) is 5.10 Å². The van der Waals surface area contributed by atoms with Crippen molar-refractivity contribution < 1.29 is 18.4 Å². The van der Waals surface area contributed by atoms with Crippen LogP contribution in [0.15, 0.2) is 72.8 Å². The second-order valence-corrected chi connectivity index (χ2v) is 6.93. The van der Waals surface area contributed by atoms with Gasteiger partial charge in [-0.25, -0.2) is 18.4 Å². The maximum atomic E-state index is 13.4. The molecule has 4 rings (SSSR count). The van der Waals surface area contributed by atoms with Gasteiger partial charge in [0.1, 0.15) is 0 Å². The number of hydrazine groups is 1. The molecule has 7 nitrogen and oxygen atoms in total. The highest BCUT2D eigenvalue weighted by Crippen LogP contribution is 2.21. The SMILES string of the molecule is O=C(NNC(=O)c1cc(F)c(F)cc1Cl)c1nc(-c2ccccc2)n(-c2ccccc2)n1. The third-order valence-corrected chi connectivity index (χ3v) is 4.70. The Hall–Kier alpha value is -4.11. The molecule has 4 aromatic rings. The number of carbonyl (C=O) groups excluding carboxylic acids is 2. The molecule has 0 saturated heterocycles. The lowest BCUT2D eigenvalue weighted by molar-refractivity contribution is 0.0841. The summed E-state index contributed by atoms with van der Waals surface area (Å²) in [5.41, 5.74) is 5.29. The van der Waals surface area contributed by atoms with Crippen LogP contribution in [0.3, 0.4) is 0 Å². The predicted octanol–water partition coefficient (Wildman–Crippen LogP) is 3.94. The number of nitrogens with zero attached hydrogens (tertiary/aromatic N) is 3. The number of aromatic nitrogens is 3. The average Bonchev–Trinajstić information content (AvgIpc) is 3.26. The van der Waals surface area contributed by atoms with Crippen LogP contribution in [0.25, 0.3) is 17.1 Å². The van der Waals surface area contributed by atoms with Gasteiger partial charge >= 0.3 is 5.91 Å². The van der Waals surface area contributed by atoms with Crippen LogP contribution in [-0.4, -0.2) is 26.6 Å². The van der Waals surface area contributed by atoms with Crippen LogP contribution in [0.4, 0.5) is 8.78 Å². The van der Waals surface area contributed by atoms with Crippen LogP contribution in [0.2, 0.25) is 5.02 Å². The van der Waals surface area contributed by atoms with Crippen molar-refractivity contribution >= 4 is 23.4 Å². The molecule has 0 unspecified atom stereocenters. The van der Waals surface area contributed by atoms with Gasteiger partial charge in [-0.2, -0.15) is 0 Å². The van der Waals surface area contributed by atoms with Crippen molar-refractivity contribution in [1.29, 1.82) is 0 Å². The fourth-order valence-corrected chi connectivity index (χ4v) is 3.10. The second-order valence-electron chi connectivity index (χ2n) is 6.53. The molecule has 32 heavy (non-hydrogen) atoms. The zero-order valence-electron chi connectivity index (χ0n) is 16.2. The van der Waals surface area contributed by atoms with Gasteiger partial charge in [0.05, 0.1) is 16.3 Å². The van der Waals surface area contributed by atoms with Gasteiger partial charge in [-0.3, -0.25) is 20.4 Å². The van der Waals surface area contributed by atoms with Crippen molar-refractivity contribution in [2.24, 2.45) is 0 Å². The summed E-state index contributed by atoms with van der Waals surface area (Å²) in [6.07, 6.45) is 0. The van der Waals surface area contributed by atoms with Gasteiger partial charge in [0.2, 0.25) is 5.82 Å². The van der Waals surface area contributed by atoms with E-state index in [9.17, 15) is 18.4 Å². The minimum absolute atomic E-state index is 0.218. The Morgan fingerprint density at radius 1 is 0.844 bits per heavy atom. The fourth-order valence-electron chi connectivity index (χ4n) is 2.86. The Labute approximate surface area is 185 Å². The van der Waals surface area contributed by atoms with Gasteiger partial charge in [0, 0.05) is 5.56 Å². The number of nitrogens with one attached hydrogen (secondary N) is 2. The fraction of sp³-hybridized carbons (Fsp3) is 0. The van der Waals surface area contributed by atoms with Crippen LogP contribution >= 0.6 is 11.6 Å². The molecule has 10 heteroatoms. The third-order valence-electron chi connectivity index (χ3n) is 4.39. The quantitative estimate of drug-likeness (QED) is 0.362. The summed E-state index contributed by atoms with van der Waals surface area (Å²) in [7, 11) is 0. The molecular weight excluding hydrogens is 440 g/mol. The summed E-state index contributed by atoms with van der Waals surface area (Å²) in [5.74, 6) is -4.00. The molecule has 0 atom stereocenters. The molecule has 1 aromatic heterocycles. The minimum atomic E-state index is -1.25. The van der Waals surface area contributed by atoms with Gasteiger partial charge in [0.25, 0.3) is 5.91 Å². The monoisotopic (exact) mass is 453 g/mol. The van der Waals surface area contributed by atoms with Gasteiger partial charge in [-0.1, -0.05) is 60.1 Å². The van der Waals surface area contributed by atoms with E-state index >= 15 is 0 Å². The summed E-state index contributed by atoms with van der Waals surface area (Å²) < 4.78 is 28.1. The Morgan fingerprint density at radius 2 is 1.44 bits per heavy atom. The molecule has 3 aromatic carbocycles. The summed E-state index contributed by atoms with van der Waals surface area (Å²) in [4.78, 5) is 29.1. The smallest absolute Gasteiger partial charge is 0.267 e. The third kappa shape index (κ3) is 4.33. The standard InChI is InChI=1S/C22H14ClF2N5O2/c23-16-12-18(25)17(24)11-15(16)21(31)27-28-22(32)19-26-20(13-7-3-1-4-8-13)30(29-19)14-9-5-2-6-10-14/h1-12H,(H,27,31)(H,28,32). The Bertz CT molecular complexity index is 1240. The van der Waals surface area contributed by atoms with Crippen LogP contribution in [0.1, 0.15) is 21.0 Å². The first-order valence-electron chi connectivity index (χ1n) is 9.27. The zero-order chi connectivity index (χ0) is 22.7. The van der Waals surface area contributed by atoms with E-state index in [4.69, 9.17) is 11.6 Å². The second kappa shape index (κ2) is 8.94. The molecule has 1 heterocycles. The predicted molar refractivity (Wildman–Crippen MR) is 113 cm³/mol. The summed E-state index contributed by atoms with van der Waals surface area (Å²) in [5, 5.41) is 3.95. The van der Waals surface area contributed by atoms with Crippen molar-refractivity contribution in [2.45, 2.75) is 0 Å². The van der Waals surface area contributed by atoms with Crippen molar-refractivity contribution in [3.05, 3.63) is 101 Å². The lowest BCUT2D eigenvalue weighted by Gasteiger charge is -2.07. The number of para-hydroxylation sites is 1. The minimum Gasteiger partial charge on any atom is -0.267 e. The molecule has 0 spiro atoms. The number of carbonyl (C=O) groups is 2. The Balaban J connectivity index is 1.59. The Kier molecular flexibility index (Phi) is 5.91. The van der Waals surface area contributed by atoms with Crippen LogP contribution < -0.4 is 10.9 Å². The van der Waals surface area contributed by atoms with Crippen molar-refractivity contribution in [3.63, 3.8) is 0 Å². The highest BCUT2D eigenvalue weighted by Gasteiger charge is 2.20. The Morgan fingerprint density at radius 3 is 2.12 bits per heavy atom. The summed E-state index contributed by atoms with van der Waals surface area (Å²) >= 11 is 5.78. The molecular formula is C22H14ClF2N5O2. The highest BCUT2D eigenvalue weighted by molar-refractivity contribution is 6.33. The molecule has 0 aliphatic rings. The first kappa shape index (κ1) is 21.1. The molecule has 0 bridgehead atoms. The number of rotatable bonds is 4. The maximum Gasteiger partial charge on any atom is 0.309 e. The van der Waals surface area contributed by atoms with Gasteiger partial charge in [0.15, 0.2) is 17.5 Å². The molecule has 0 saturated carbocycles. The summed E-state index contributed by atoms with van der Waals surface area (Å²) in [6, 6.07) is 19.5. The van der Waals surface area contributed by atoms with Crippen LogP contribution in [0, 0.1) is 11.6 Å². The van der Waals surface area contributed by atoms with Crippen molar-refractivity contribution in [2.75, 3.05) is 0 Å². The van der Waals surface area contributed by atoms with Crippen LogP contribution in [0.5, 0.6) is 0 Å². The topological polar surface area (TPSA) is 88.9 Å². The van der Waals surface area contributed by atoms with E-state index in [-0.39, 0.29) is 16.4 Å². The molecule has 0 aliphatic carbocycles. The molecule has 0 aliphatic heterocycles. The van der Waals surface area contributed by atoms with E-state index in [2.05, 4.69) is 20.9 Å². The zero-order valence-corrected chi connectivity index (χ0v) is 17.0. The number of hydrogen-bond acceptors (Lipinski definition) is 4. The lowest BCUT2D eigenvalue weighted by Crippen LogP contribution is -2.42. The number of benzene rings is 3.